The van der Waals surface area contributed by atoms with E-state index in [0.29, 0.717) is 6.04 Å². The highest BCUT2D eigenvalue weighted by Gasteiger charge is 2.34. The number of nitrogens with zero attached hydrogens (tertiary/aromatic N) is 2. The molecular formula is C14H27N3. The summed E-state index contributed by atoms with van der Waals surface area (Å²) in [6.45, 7) is 10.7. The molecule has 3 heteroatoms. The van der Waals surface area contributed by atoms with Gasteiger partial charge < -0.3 is 0 Å². The molecule has 0 bridgehead atoms. The van der Waals surface area contributed by atoms with Crippen LogP contribution in [-0.4, -0.2) is 35.6 Å². The molecule has 3 nitrogen and oxygen atoms in total. The van der Waals surface area contributed by atoms with Crippen molar-refractivity contribution in [2.75, 3.05) is 13.1 Å². The quantitative estimate of drug-likeness (QED) is 0.705. The minimum atomic E-state index is -0.377. The standard InChI is InChI=1S/C14H27N3/c1-5-9-16-14(4,11-15)10-12(3)17(6-2)13-7-8-13/h12-13,16H,5-10H2,1-4H3. The van der Waals surface area contributed by atoms with E-state index >= 15 is 0 Å². The van der Waals surface area contributed by atoms with Gasteiger partial charge in [-0.1, -0.05) is 13.8 Å². The maximum absolute atomic E-state index is 9.34. The van der Waals surface area contributed by atoms with Crippen molar-refractivity contribution in [3.63, 3.8) is 0 Å². The Hall–Kier alpha value is -0.590. The molecule has 2 atom stereocenters. The second-order valence-electron chi connectivity index (χ2n) is 5.49. The van der Waals surface area contributed by atoms with Crippen LogP contribution >= 0.6 is 0 Å². The Kier molecular flexibility index (Phi) is 5.42. The molecule has 1 saturated carbocycles. The fourth-order valence-corrected chi connectivity index (χ4v) is 2.60. The molecule has 0 aromatic carbocycles. The Morgan fingerprint density at radius 1 is 1.47 bits per heavy atom. The highest BCUT2D eigenvalue weighted by Crippen LogP contribution is 2.30. The SMILES string of the molecule is CCCNC(C)(C#N)CC(C)N(CC)C1CC1. The lowest BCUT2D eigenvalue weighted by atomic mass is 9.94. The molecule has 1 N–H and O–H groups in total. The van der Waals surface area contributed by atoms with Gasteiger partial charge in [0.2, 0.25) is 0 Å². The Balaban J connectivity index is 2.51. The van der Waals surface area contributed by atoms with E-state index in [9.17, 15) is 5.26 Å². The fraction of sp³-hybridized carbons (Fsp3) is 0.929. The number of hydrogen-bond acceptors (Lipinski definition) is 3. The first kappa shape index (κ1) is 14.5. The Morgan fingerprint density at radius 2 is 2.12 bits per heavy atom. The van der Waals surface area contributed by atoms with Crippen molar-refractivity contribution < 1.29 is 0 Å². The molecule has 0 heterocycles. The molecular weight excluding hydrogens is 210 g/mol. The summed E-state index contributed by atoms with van der Waals surface area (Å²) in [6.07, 6.45) is 4.66. The number of rotatable bonds is 8. The van der Waals surface area contributed by atoms with Crippen molar-refractivity contribution in [3.8, 4) is 6.07 Å². The van der Waals surface area contributed by atoms with Crippen LogP contribution in [0.25, 0.3) is 0 Å². The normalized spacial score (nSPS) is 20.9. The number of nitriles is 1. The molecule has 1 rings (SSSR count). The summed E-state index contributed by atoms with van der Waals surface area (Å²) in [4.78, 5) is 2.54. The van der Waals surface area contributed by atoms with Crippen LogP contribution in [0.15, 0.2) is 0 Å². The first-order valence-corrected chi connectivity index (χ1v) is 6.98. The summed E-state index contributed by atoms with van der Waals surface area (Å²) in [5, 5.41) is 12.7. The Labute approximate surface area is 106 Å². The van der Waals surface area contributed by atoms with Gasteiger partial charge in [-0.3, -0.25) is 10.2 Å². The molecule has 2 unspecified atom stereocenters. The zero-order valence-electron chi connectivity index (χ0n) is 11.8. The summed E-state index contributed by atoms with van der Waals surface area (Å²) in [6, 6.07) is 3.71. The van der Waals surface area contributed by atoms with E-state index in [0.717, 1.165) is 32.0 Å². The van der Waals surface area contributed by atoms with Crippen LogP contribution in [0.3, 0.4) is 0 Å². The summed E-state index contributed by atoms with van der Waals surface area (Å²) in [7, 11) is 0. The van der Waals surface area contributed by atoms with E-state index < -0.39 is 0 Å². The number of nitrogens with one attached hydrogen (secondary N) is 1. The molecule has 1 aliphatic carbocycles. The lowest BCUT2D eigenvalue weighted by Crippen LogP contribution is -2.48. The van der Waals surface area contributed by atoms with Crippen molar-refractivity contribution in [1.82, 2.24) is 10.2 Å². The lowest BCUT2D eigenvalue weighted by molar-refractivity contribution is 0.175. The summed E-state index contributed by atoms with van der Waals surface area (Å²) < 4.78 is 0. The Bertz CT molecular complexity index is 267. The van der Waals surface area contributed by atoms with Gasteiger partial charge >= 0.3 is 0 Å². The predicted molar refractivity (Wildman–Crippen MR) is 71.8 cm³/mol. The third-order valence-corrected chi connectivity index (χ3v) is 3.66. The van der Waals surface area contributed by atoms with Crippen LogP contribution in [0.5, 0.6) is 0 Å². The fourth-order valence-electron chi connectivity index (χ4n) is 2.60. The van der Waals surface area contributed by atoms with E-state index in [1.807, 2.05) is 6.92 Å². The third kappa shape index (κ3) is 4.29. The van der Waals surface area contributed by atoms with Crippen LogP contribution < -0.4 is 5.32 Å². The lowest BCUT2D eigenvalue weighted by Gasteiger charge is -2.33. The molecule has 98 valence electrons. The minimum absolute atomic E-state index is 0.377. The van der Waals surface area contributed by atoms with Crippen molar-refractivity contribution in [3.05, 3.63) is 0 Å². The summed E-state index contributed by atoms with van der Waals surface area (Å²) >= 11 is 0. The van der Waals surface area contributed by atoms with Crippen molar-refractivity contribution in [2.24, 2.45) is 0 Å². The van der Waals surface area contributed by atoms with Crippen LogP contribution in [0, 0.1) is 11.3 Å². The van der Waals surface area contributed by atoms with Crippen molar-refractivity contribution >= 4 is 0 Å². The zero-order valence-corrected chi connectivity index (χ0v) is 11.8. The van der Waals surface area contributed by atoms with Crippen molar-refractivity contribution in [2.45, 2.75) is 71.0 Å². The maximum atomic E-state index is 9.34. The smallest absolute Gasteiger partial charge is 0.105 e. The first-order valence-electron chi connectivity index (χ1n) is 6.98. The van der Waals surface area contributed by atoms with Gasteiger partial charge in [0.15, 0.2) is 0 Å². The van der Waals surface area contributed by atoms with Gasteiger partial charge in [-0.25, -0.2) is 0 Å². The molecule has 0 aromatic heterocycles. The van der Waals surface area contributed by atoms with Gasteiger partial charge in [-0.05, 0) is 52.6 Å². The van der Waals surface area contributed by atoms with Gasteiger partial charge in [0.1, 0.15) is 5.54 Å². The zero-order chi connectivity index (χ0) is 12.9. The third-order valence-electron chi connectivity index (χ3n) is 3.66. The molecule has 0 amide bonds. The predicted octanol–water partition coefficient (Wildman–Crippen LogP) is 2.53. The van der Waals surface area contributed by atoms with E-state index in [1.165, 1.54) is 12.8 Å². The van der Waals surface area contributed by atoms with E-state index in [4.69, 9.17) is 0 Å². The molecule has 0 saturated heterocycles. The second kappa shape index (κ2) is 6.37. The van der Waals surface area contributed by atoms with Gasteiger partial charge in [-0.2, -0.15) is 5.26 Å². The van der Waals surface area contributed by atoms with Crippen molar-refractivity contribution in [1.29, 1.82) is 5.26 Å². The van der Waals surface area contributed by atoms with E-state index in [-0.39, 0.29) is 5.54 Å². The van der Waals surface area contributed by atoms with Gasteiger partial charge in [0.25, 0.3) is 0 Å². The molecule has 0 aliphatic heterocycles. The topological polar surface area (TPSA) is 39.1 Å². The van der Waals surface area contributed by atoms with Crippen LogP contribution in [0.4, 0.5) is 0 Å². The van der Waals surface area contributed by atoms with Gasteiger partial charge in [0.05, 0.1) is 6.07 Å². The molecule has 0 spiro atoms. The summed E-state index contributed by atoms with van der Waals surface area (Å²) in [5.74, 6) is 0. The minimum Gasteiger partial charge on any atom is -0.300 e. The maximum Gasteiger partial charge on any atom is 0.105 e. The molecule has 0 radical (unpaired) electrons. The molecule has 1 aliphatic rings. The van der Waals surface area contributed by atoms with Crippen LogP contribution in [-0.2, 0) is 0 Å². The van der Waals surface area contributed by atoms with Gasteiger partial charge in [0, 0.05) is 12.1 Å². The molecule has 17 heavy (non-hydrogen) atoms. The van der Waals surface area contributed by atoms with Crippen LogP contribution in [0.2, 0.25) is 0 Å². The molecule has 0 aromatic rings. The monoisotopic (exact) mass is 237 g/mol. The van der Waals surface area contributed by atoms with E-state index in [2.05, 4.69) is 37.1 Å². The highest BCUT2D eigenvalue weighted by molar-refractivity contribution is 5.06. The highest BCUT2D eigenvalue weighted by atomic mass is 15.2. The molecule has 1 fully saturated rings. The number of hydrogen-bond donors (Lipinski definition) is 1. The second-order valence-corrected chi connectivity index (χ2v) is 5.49. The average Bonchev–Trinajstić information content (AvgIpc) is 3.12. The van der Waals surface area contributed by atoms with Crippen LogP contribution in [0.1, 0.15) is 53.4 Å². The van der Waals surface area contributed by atoms with E-state index in [1.54, 1.807) is 0 Å². The first-order chi connectivity index (χ1) is 8.06. The summed E-state index contributed by atoms with van der Waals surface area (Å²) in [5.41, 5.74) is -0.377. The largest absolute Gasteiger partial charge is 0.300 e. The van der Waals surface area contributed by atoms with Gasteiger partial charge in [-0.15, -0.1) is 0 Å². The Morgan fingerprint density at radius 3 is 2.53 bits per heavy atom. The average molecular weight is 237 g/mol.